The highest BCUT2D eigenvalue weighted by atomic mass is 35.5. The van der Waals surface area contributed by atoms with E-state index in [1.54, 1.807) is 6.07 Å². The van der Waals surface area contributed by atoms with Crippen LogP contribution in [0.15, 0.2) is 48.6 Å². The van der Waals surface area contributed by atoms with E-state index in [0.29, 0.717) is 16.0 Å². The molecule has 0 saturated heterocycles. The zero-order valence-electron chi connectivity index (χ0n) is 12.7. The lowest BCUT2D eigenvalue weighted by atomic mass is 9.76. The van der Waals surface area contributed by atoms with Crippen LogP contribution in [0.5, 0.6) is 0 Å². The molecule has 1 aliphatic carbocycles. The Labute approximate surface area is 149 Å². The number of fused-ring (bicyclic) bond motifs is 3. The van der Waals surface area contributed by atoms with E-state index in [4.69, 9.17) is 23.2 Å². The van der Waals surface area contributed by atoms with E-state index in [0.717, 1.165) is 23.2 Å². The maximum Gasteiger partial charge on any atom is 0.335 e. The minimum absolute atomic E-state index is 0.0874. The number of carbonyl (C=O) groups is 1. The molecule has 0 radical (unpaired) electrons. The van der Waals surface area contributed by atoms with Crippen molar-refractivity contribution in [1.29, 1.82) is 0 Å². The van der Waals surface area contributed by atoms with Crippen LogP contribution in [0.4, 0.5) is 5.69 Å². The number of halogens is 2. The molecule has 2 N–H and O–H groups in total. The lowest BCUT2D eigenvalue weighted by molar-refractivity contribution is 0.0696. The van der Waals surface area contributed by atoms with Crippen molar-refractivity contribution >= 4 is 34.9 Å². The first kappa shape index (κ1) is 15.6. The Morgan fingerprint density at radius 1 is 1.21 bits per heavy atom. The van der Waals surface area contributed by atoms with Crippen molar-refractivity contribution < 1.29 is 9.90 Å². The van der Waals surface area contributed by atoms with Crippen LogP contribution in [0.1, 0.15) is 39.9 Å². The van der Waals surface area contributed by atoms with Gasteiger partial charge in [-0.05, 0) is 47.7 Å². The van der Waals surface area contributed by atoms with E-state index in [1.807, 2.05) is 18.2 Å². The van der Waals surface area contributed by atoms with Gasteiger partial charge in [0, 0.05) is 10.9 Å². The Balaban J connectivity index is 1.83. The number of benzene rings is 2. The van der Waals surface area contributed by atoms with Crippen molar-refractivity contribution in [3.63, 3.8) is 0 Å². The molecule has 3 atom stereocenters. The molecule has 2 aliphatic rings. The van der Waals surface area contributed by atoms with Crippen molar-refractivity contribution in [2.24, 2.45) is 5.92 Å². The quantitative estimate of drug-likeness (QED) is 0.694. The van der Waals surface area contributed by atoms with Crippen LogP contribution in [0, 0.1) is 5.92 Å². The van der Waals surface area contributed by atoms with Crippen LogP contribution < -0.4 is 5.32 Å². The Kier molecular flexibility index (Phi) is 3.78. The van der Waals surface area contributed by atoms with Gasteiger partial charge in [-0.25, -0.2) is 4.79 Å². The summed E-state index contributed by atoms with van der Waals surface area (Å²) in [5, 5.41) is 14.0. The third-order valence-electron chi connectivity index (χ3n) is 4.88. The van der Waals surface area contributed by atoms with E-state index < -0.39 is 5.97 Å². The molecule has 24 heavy (non-hydrogen) atoms. The average molecular weight is 360 g/mol. The van der Waals surface area contributed by atoms with E-state index in [-0.39, 0.29) is 17.5 Å². The van der Waals surface area contributed by atoms with Crippen molar-refractivity contribution in [1.82, 2.24) is 0 Å². The molecule has 3 nitrogen and oxygen atoms in total. The van der Waals surface area contributed by atoms with Crippen LogP contribution in [-0.2, 0) is 0 Å². The lowest BCUT2D eigenvalue weighted by Gasteiger charge is -2.38. The lowest BCUT2D eigenvalue weighted by Crippen LogP contribution is -2.29. The van der Waals surface area contributed by atoms with E-state index in [9.17, 15) is 9.90 Å². The first-order chi connectivity index (χ1) is 11.5. The normalized spacial score (nSPS) is 24.2. The third kappa shape index (κ3) is 2.48. The highest BCUT2D eigenvalue weighted by Gasteiger charge is 2.39. The monoisotopic (exact) mass is 359 g/mol. The maximum absolute atomic E-state index is 11.3. The fourth-order valence-electron chi connectivity index (χ4n) is 3.81. The number of allylic oxidation sites excluding steroid dienone is 2. The molecule has 0 amide bonds. The molecule has 0 aromatic heterocycles. The Hall–Kier alpha value is -1.97. The Bertz CT molecular complexity index is 862. The summed E-state index contributed by atoms with van der Waals surface area (Å²) in [4.78, 5) is 11.3. The van der Waals surface area contributed by atoms with Crippen LogP contribution in [0.25, 0.3) is 0 Å². The molecule has 1 heterocycles. The predicted octanol–water partition coefficient (Wildman–Crippen LogP) is 5.52. The summed E-state index contributed by atoms with van der Waals surface area (Å²) < 4.78 is 0. The van der Waals surface area contributed by atoms with Gasteiger partial charge in [0.25, 0.3) is 0 Å². The molecular formula is C19H15Cl2NO2. The molecule has 0 spiro atoms. The van der Waals surface area contributed by atoms with Gasteiger partial charge in [-0.3, -0.25) is 0 Å². The van der Waals surface area contributed by atoms with Crippen LogP contribution in [0.2, 0.25) is 10.0 Å². The first-order valence-electron chi connectivity index (χ1n) is 7.80. The Morgan fingerprint density at radius 2 is 2.04 bits per heavy atom. The van der Waals surface area contributed by atoms with Gasteiger partial charge in [0.1, 0.15) is 0 Å². The van der Waals surface area contributed by atoms with Gasteiger partial charge in [-0.1, -0.05) is 47.5 Å². The molecule has 0 saturated carbocycles. The average Bonchev–Trinajstić information content (AvgIpc) is 3.04. The van der Waals surface area contributed by atoms with Gasteiger partial charge < -0.3 is 10.4 Å². The number of carboxylic acid groups (broad SMARTS) is 1. The maximum atomic E-state index is 11.3. The van der Waals surface area contributed by atoms with Crippen molar-refractivity contribution in [3.8, 4) is 0 Å². The summed E-state index contributed by atoms with van der Waals surface area (Å²) in [7, 11) is 0. The SMILES string of the molecule is O=C(O)c1cc(Cl)c2c(c1)C1C=CCC1C(c1cccc(Cl)c1)N2. The summed E-state index contributed by atoms with van der Waals surface area (Å²) in [6.45, 7) is 0. The van der Waals surface area contributed by atoms with E-state index in [2.05, 4.69) is 23.5 Å². The fraction of sp³-hybridized carbons (Fsp3) is 0.211. The molecule has 1 aliphatic heterocycles. The predicted molar refractivity (Wildman–Crippen MR) is 96.2 cm³/mol. The molecule has 3 unspecified atom stereocenters. The number of aromatic carboxylic acids is 1. The largest absolute Gasteiger partial charge is 0.478 e. The molecule has 0 bridgehead atoms. The van der Waals surface area contributed by atoms with E-state index in [1.165, 1.54) is 6.07 Å². The van der Waals surface area contributed by atoms with Gasteiger partial charge in [-0.2, -0.15) is 0 Å². The summed E-state index contributed by atoms with van der Waals surface area (Å²) in [5.41, 5.74) is 3.11. The third-order valence-corrected chi connectivity index (χ3v) is 5.41. The second-order valence-corrected chi connectivity index (χ2v) is 7.10. The van der Waals surface area contributed by atoms with Gasteiger partial charge in [0.2, 0.25) is 0 Å². The first-order valence-corrected chi connectivity index (χ1v) is 8.55. The number of hydrogen-bond donors (Lipinski definition) is 2. The summed E-state index contributed by atoms with van der Waals surface area (Å²) in [5.74, 6) is -0.492. The number of nitrogens with one attached hydrogen (secondary N) is 1. The molecule has 5 heteroatoms. The molecule has 0 fully saturated rings. The van der Waals surface area contributed by atoms with Crippen LogP contribution in [-0.4, -0.2) is 11.1 Å². The number of carboxylic acids is 1. The van der Waals surface area contributed by atoms with Crippen molar-refractivity contribution in [3.05, 3.63) is 75.3 Å². The number of hydrogen-bond acceptors (Lipinski definition) is 2. The van der Waals surface area contributed by atoms with Gasteiger partial charge >= 0.3 is 5.97 Å². The highest BCUT2D eigenvalue weighted by molar-refractivity contribution is 6.34. The van der Waals surface area contributed by atoms with Crippen molar-refractivity contribution in [2.45, 2.75) is 18.4 Å². The molecule has 122 valence electrons. The van der Waals surface area contributed by atoms with Gasteiger partial charge in [0.15, 0.2) is 0 Å². The smallest absolute Gasteiger partial charge is 0.335 e. The molecular weight excluding hydrogens is 345 g/mol. The Morgan fingerprint density at radius 3 is 2.79 bits per heavy atom. The topological polar surface area (TPSA) is 49.3 Å². The molecule has 2 aromatic rings. The standard InChI is InChI=1S/C19H15Cl2NO2/c20-12-4-1-3-10(7-12)17-14-6-2-5-13(14)15-8-11(19(23)24)9-16(21)18(15)22-17/h1-5,7-9,13-14,17,22H,6H2,(H,23,24). The van der Waals surface area contributed by atoms with E-state index >= 15 is 0 Å². The van der Waals surface area contributed by atoms with Gasteiger partial charge in [-0.15, -0.1) is 0 Å². The fourth-order valence-corrected chi connectivity index (χ4v) is 4.29. The molecule has 2 aromatic carbocycles. The minimum Gasteiger partial charge on any atom is -0.478 e. The summed E-state index contributed by atoms with van der Waals surface area (Å²) >= 11 is 12.5. The zero-order chi connectivity index (χ0) is 16.8. The summed E-state index contributed by atoms with van der Waals surface area (Å²) in [6, 6.07) is 11.2. The zero-order valence-corrected chi connectivity index (χ0v) is 14.2. The van der Waals surface area contributed by atoms with Gasteiger partial charge in [0.05, 0.1) is 22.3 Å². The van der Waals surface area contributed by atoms with Crippen molar-refractivity contribution in [2.75, 3.05) is 5.32 Å². The van der Waals surface area contributed by atoms with Crippen LogP contribution in [0.3, 0.4) is 0 Å². The molecule has 4 rings (SSSR count). The second-order valence-electron chi connectivity index (χ2n) is 6.26. The highest BCUT2D eigenvalue weighted by Crippen LogP contribution is 2.51. The van der Waals surface area contributed by atoms with Crippen LogP contribution >= 0.6 is 23.2 Å². The number of anilines is 1. The second kappa shape index (κ2) is 5.83. The number of rotatable bonds is 2. The summed E-state index contributed by atoms with van der Waals surface area (Å²) in [6.07, 6.45) is 5.25. The minimum atomic E-state index is -0.963.